The van der Waals surface area contributed by atoms with Crippen LogP contribution in [-0.4, -0.2) is 20.7 Å². The highest BCUT2D eigenvalue weighted by molar-refractivity contribution is 7.86. The maximum absolute atomic E-state index is 10.9. The first-order chi connectivity index (χ1) is 7.90. The normalized spacial score (nSPS) is 13.4. The fraction of sp³-hybridized carbons (Fsp3) is 0.500. The molecule has 17 heavy (non-hydrogen) atoms. The lowest BCUT2D eigenvalue weighted by molar-refractivity contribution is 0.492. The van der Waals surface area contributed by atoms with Gasteiger partial charge in [-0.2, -0.15) is 8.42 Å². The van der Waals surface area contributed by atoms with Crippen LogP contribution < -0.4 is 9.50 Å². The van der Waals surface area contributed by atoms with Crippen LogP contribution in [0.25, 0.3) is 0 Å². The fourth-order valence-corrected chi connectivity index (χ4v) is 1.73. The molecule has 0 unspecified atom stereocenters. The van der Waals surface area contributed by atoms with E-state index in [1.54, 1.807) is 12.1 Å². The number of hydrogen-bond acceptors (Lipinski definition) is 4. The molecule has 1 aromatic carbocycles. The molecule has 0 bridgehead atoms. The Balaban J connectivity index is 2.56. The van der Waals surface area contributed by atoms with E-state index in [1.807, 2.05) is 12.1 Å². The van der Waals surface area contributed by atoms with Crippen molar-refractivity contribution in [2.24, 2.45) is 0 Å². The average molecular weight is 257 g/mol. The average Bonchev–Trinajstić information content (AvgIpc) is 2.25. The van der Waals surface area contributed by atoms with Crippen LogP contribution in [0, 0.1) is 0 Å². The molecule has 0 radical (unpaired) electrons. The lowest BCUT2D eigenvalue weighted by Gasteiger charge is -2.11. The molecule has 0 aliphatic rings. The molecule has 1 aromatic rings. The molecular formula is C12H19NO3S. The van der Waals surface area contributed by atoms with Gasteiger partial charge in [0.15, 0.2) is 0 Å². The van der Waals surface area contributed by atoms with E-state index in [1.165, 1.54) is 0 Å². The van der Waals surface area contributed by atoms with E-state index >= 15 is 0 Å². The van der Waals surface area contributed by atoms with Gasteiger partial charge in [0.1, 0.15) is 5.75 Å². The quantitative estimate of drug-likeness (QED) is 0.791. The van der Waals surface area contributed by atoms with Crippen molar-refractivity contribution in [3.8, 4) is 5.75 Å². The van der Waals surface area contributed by atoms with Gasteiger partial charge >= 0.3 is 10.1 Å². The Morgan fingerprint density at radius 2 is 1.88 bits per heavy atom. The van der Waals surface area contributed by atoms with Gasteiger partial charge in [0.2, 0.25) is 0 Å². The van der Waals surface area contributed by atoms with Gasteiger partial charge in [0.05, 0.1) is 6.26 Å². The molecule has 0 saturated heterocycles. The second-order valence-corrected chi connectivity index (χ2v) is 5.70. The lowest BCUT2D eigenvalue weighted by atomic mass is 10.2. The minimum atomic E-state index is -3.44. The zero-order valence-corrected chi connectivity index (χ0v) is 11.3. The van der Waals surface area contributed by atoms with E-state index in [-0.39, 0.29) is 0 Å². The van der Waals surface area contributed by atoms with Gasteiger partial charge in [0, 0.05) is 12.6 Å². The van der Waals surface area contributed by atoms with Gasteiger partial charge in [-0.05, 0) is 31.0 Å². The topological polar surface area (TPSA) is 55.4 Å². The third kappa shape index (κ3) is 5.70. The van der Waals surface area contributed by atoms with E-state index in [9.17, 15) is 8.42 Å². The van der Waals surface area contributed by atoms with E-state index in [0.717, 1.165) is 24.8 Å². The Hall–Kier alpha value is -1.07. The predicted octanol–water partition coefficient (Wildman–Crippen LogP) is 1.91. The van der Waals surface area contributed by atoms with Gasteiger partial charge < -0.3 is 9.50 Å². The molecule has 0 amide bonds. The second kappa shape index (κ2) is 6.02. The highest BCUT2D eigenvalue weighted by Crippen LogP contribution is 2.13. The number of nitrogens with one attached hydrogen (secondary N) is 1. The van der Waals surface area contributed by atoms with E-state index in [4.69, 9.17) is 4.18 Å². The van der Waals surface area contributed by atoms with Crippen molar-refractivity contribution in [1.82, 2.24) is 5.32 Å². The largest absolute Gasteiger partial charge is 0.383 e. The van der Waals surface area contributed by atoms with Gasteiger partial charge in [-0.15, -0.1) is 0 Å². The summed E-state index contributed by atoms with van der Waals surface area (Å²) in [5.41, 5.74) is 1.10. The lowest BCUT2D eigenvalue weighted by Crippen LogP contribution is -2.24. The maximum atomic E-state index is 10.9. The molecule has 0 heterocycles. The molecule has 0 fully saturated rings. The standard InChI is InChI=1S/C12H19NO3S/c1-4-10(2)13-9-11-5-7-12(8-6-11)16-17(3,14)15/h5-8,10,13H,4,9H2,1-3H3/t10-/m0/s1. The summed E-state index contributed by atoms with van der Waals surface area (Å²) in [7, 11) is -3.44. The van der Waals surface area contributed by atoms with Crippen molar-refractivity contribution < 1.29 is 12.6 Å². The molecule has 5 heteroatoms. The van der Waals surface area contributed by atoms with Crippen LogP contribution in [0.3, 0.4) is 0 Å². The summed E-state index contributed by atoms with van der Waals surface area (Å²) in [6.07, 6.45) is 2.11. The van der Waals surface area contributed by atoms with E-state index in [0.29, 0.717) is 11.8 Å². The third-order valence-corrected chi connectivity index (χ3v) is 2.93. The van der Waals surface area contributed by atoms with Gasteiger partial charge in [0.25, 0.3) is 0 Å². The molecule has 0 aromatic heterocycles. The van der Waals surface area contributed by atoms with Crippen LogP contribution in [-0.2, 0) is 16.7 Å². The molecule has 1 N–H and O–H groups in total. The van der Waals surface area contributed by atoms with E-state index < -0.39 is 10.1 Å². The van der Waals surface area contributed by atoms with E-state index in [2.05, 4.69) is 19.2 Å². The minimum Gasteiger partial charge on any atom is -0.383 e. The van der Waals surface area contributed by atoms with Crippen LogP contribution in [0.15, 0.2) is 24.3 Å². The summed E-state index contributed by atoms with van der Waals surface area (Å²) in [6.45, 7) is 5.02. The Labute approximate surface area is 103 Å². The summed E-state index contributed by atoms with van der Waals surface area (Å²) in [6, 6.07) is 7.51. The SMILES string of the molecule is CC[C@H](C)NCc1ccc(OS(C)(=O)=O)cc1. The van der Waals surface area contributed by atoms with Crippen molar-refractivity contribution >= 4 is 10.1 Å². The van der Waals surface area contributed by atoms with Crippen molar-refractivity contribution in [3.05, 3.63) is 29.8 Å². The van der Waals surface area contributed by atoms with Crippen LogP contribution >= 0.6 is 0 Å². The smallest absolute Gasteiger partial charge is 0.306 e. The Morgan fingerprint density at radius 3 is 2.35 bits per heavy atom. The third-order valence-electron chi connectivity index (χ3n) is 2.44. The molecular weight excluding hydrogens is 238 g/mol. The number of rotatable bonds is 6. The zero-order valence-electron chi connectivity index (χ0n) is 10.4. The first kappa shape index (κ1) is 14.0. The molecule has 96 valence electrons. The van der Waals surface area contributed by atoms with Crippen molar-refractivity contribution in [2.75, 3.05) is 6.26 Å². The van der Waals surface area contributed by atoms with Crippen molar-refractivity contribution in [1.29, 1.82) is 0 Å². The zero-order chi connectivity index (χ0) is 12.9. The monoisotopic (exact) mass is 257 g/mol. The first-order valence-electron chi connectivity index (χ1n) is 5.62. The maximum Gasteiger partial charge on any atom is 0.306 e. The predicted molar refractivity (Wildman–Crippen MR) is 68.5 cm³/mol. The molecule has 0 aliphatic heterocycles. The van der Waals surface area contributed by atoms with Crippen LogP contribution in [0.4, 0.5) is 0 Å². The molecule has 0 saturated carbocycles. The summed E-state index contributed by atoms with van der Waals surface area (Å²) in [5, 5.41) is 3.36. The number of hydrogen-bond donors (Lipinski definition) is 1. The summed E-state index contributed by atoms with van der Waals surface area (Å²) >= 11 is 0. The highest BCUT2D eigenvalue weighted by Gasteiger charge is 2.04. The van der Waals surface area contributed by atoms with Gasteiger partial charge in [-0.25, -0.2) is 0 Å². The summed E-state index contributed by atoms with van der Waals surface area (Å²) in [4.78, 5) is 0. The summed E-state index contributed by atoms with van der Waals surface area (Å²) in [5.74, 6) is 0.347. The fourth-order valence-electron chi connectivity index (χ4n) is 1.27. The minimum absolute atomic E-state index is 0.347. The second-order valence-electron chi connectivity index (χ2n) is 4.12. The van der Waals surface area contributed by atoms with Gasteiger partial charge in [-0.1, -0.05) is 19.1 Å². The molecule has 1 rings (SSSR count). The van der Waals surface area contributed by atoms with Crippen molar-refractivity contribution in [3.63, 3.8) is 0 Å². The summed E-state index contributed by atoms with van der Waals surface area (Å²) < 4.78 is 26.6. The number of benzene rings is 1. The van der Waals surface area contributed by atoms with Crippen LogP contribution in [0.5, 0.6) is 5.75 Å². The Kier molecular flexibility index (Phi) is 4.96. The highest BCUT2D eigenvalue weighted by atomic mass is 32.2. The van der Waals surface area contributed by atoms with Crippen LogP contribution in [0.2, 0.25) is 0 Å². The van der Waals surface area contributed by atoms with Gasteiger partial charge in [-0.3, -0.25) is 0 Å². The Bertz CT molecular complexity index is 439. The molecule has 0 aliphatic carbocycles. The first-order valence-corrected chi connectivity index (χ1v) is 7.44. The Morgan fingerprint density at radius 1 is 1.29 bits per heavy atom. The molecule has 4 nitrogen and oxygen atoms in total. The molecule has 0 spiro atoms. The van der Waals surface area contributed by atoms with Crippen molar-refractivity contribution in [2.45, 2.75) is 32.9 Å². The molecule has 1 atom stereocenters. The van der Waals surface area contributed by atoms with Crippen LogP contribution in [0.1, 0.15) is 25.8 Å².